The molecule has 5 rings (SSSR count). The van der Waals surface area contributed by atoms with Gasteiger partial charge < -0.3 is 10.5 Å². The molecule has 2 atom stereocenters. The third kappa shape index (κ3) is 5.31. The largest absolute Gasteiger partial charge is 0.416 e. The first-order chi connectivity index (χ1) is 17.6. The van der Waals surface area contributed by atoms with Gasteiger partial charge in [-0.1, -0.05) is 0 Å². The minimum absolute atomic E-state index is 0.0954. The number of alkyl halides is 3. The van der Waals surface area contributed by atoms with Crippen molar-refractivity contribution < 1.29 is 22.3 Å². The highest BCUT2D eigenvalue weighted by Crippen LogP contribution is 2.36. The SMILES string of the molecule is Cc1nc2nc([C@H]3CCO[C@H](/C(C=NC4CC4)=C/N)C3)nc(-c3ccc(C(F)(F)F)cc3F)c2nc1C. The molecule has 7 nitrogen and oxygen atoms in total. The van der Waals surface area contributed by atoms with E-state index in [0.717, 1.165) is 30.5 Å². The van der Waals surface area contributed by atoms with Gasteiger partial charge in [0, 0.05) is 36.1 Å². The zero-order valence-corrected chi connectivity index (χ0v) is 20.4. The molecule has 2 aromatic heterocycles. The number of aryl methyl sites for hydroxylation is 2. The number of nitrogens with two attached hydrogens (primary N) is 1. The number of hydrogen-bond acceptors (Lipinski definition) is 7. The maximum atomic E-state index is 15.1. The molecule has 1 aliphatic heterocycles. The van der Waals surface area contributed by atoms with Gasteiger partial charge in [-0.15, -0.1) is 0 Å². The second kappa shape index (κ2) is 9.77. The fraction of sp³-hybridized carbons (Fsp3) is 0.423. The quantitative estimate of drug-likeness (QED) is 0.371. The third-order valence-electron chi connectivity index (χ3n) is 6.71. The van der Waals surface area contributed by atoms with Crippen LogP contribution in [-0.4, -0.2) is 44.9 Å². The Balaban J connectivity index is 1.56. The molecule has 3 heterocycles. The molecule has 1 aromatic carbocycles. The summed E-state index contributed by atoms with van der Waals surface area (Å²) in [5.41, 5.74) is 7.28. The maximum Gasteiger partial charge on any atom is 0.416 e. The Morgan fingerprint density at radius 1 is 1.08 bits per heavy atom. The predicted molar refractivity (Wildman–Crippen MR) is 130 cm³/mol. The number of ether oxygens (including phenoxy) is 1. The van der Waals surface area contributed by atoms with E-state index in [0.29, 0.717) is 48.8 Å². The van der Waals surface area contributed by atoms with Crippen LogP contribution < -0.4 is 5.73 Å². The van der Waals surface area contributed by atoms with Crippen molar-refractivity contribution in [3.8, 4) is 11.3 Å². The molecule has 194 valence electrons. The van der Waals surface area contributed by atoms with Crippen LogP contribution in [0.2, 0.25) is 0 Å². The van der Waals surface area contributed by atoms with Crippen LogP contribution >= 0.6 is 0 Å². The van der Waals surface area contributed by atoms with Gasteiger partial charge in [0.15, 0.2) is 5.65 Å². The Morgan fingerprint density at radius 3 is 2.51 bits per heavy atom. The lowest BCUT2D eigenvalue weighted by molar-refractivity contribution is -0.137. The topological polar surface area (TPSA) is 99.2 Å². The monoisotopic (exact) mass is 514 g/mol. The molecule has 1 aliphatic carbocycles. The van der Waals surface area contributed by atoms with Gasteiger partial charge in [-0.05, 0) is 57.7 Å². The Bertz CT molecular complexity index is 1400. The molecular formula is C26H26F4N6O. The Hall–Kier alpha value is -3.47. The van der Waals surface area contributed by atoms with Crippen LogP contribution in [0.5, 0.6) is 0 Å². The molecule has 2 fully saturated rings. The van der Waals surface area contributed by atoms with Crippen molar-refractivity contribution in [1.82, 2.24) is 19.9 Å². The first-order valence-electron chi connectivity index (χ1n) is 12.1. The van der Waals surface area contributed by atoms with Gasteiger partial charge >= 0.3 is 6.18 Å². The smallest absolute Gasteiger partial charge is 0.404 e. The van der Waals surface area contributed by atoms with Gasteiger partial charge in [0.05, 0.1) is 29.1 Å². The number of rotatable bonds is 5. The van der Waals surface area contributed by atoms with Crippen LogP contribution in [0, 0.1) is 19.7 Å². The van der Waals surface area contributed by atoms with Gasteiger partial charge in [-0.25, -0.2) is 24.3 Å². The highest BCUT2D eigenvalue weighted by atomic mass is 19.4. The summed E-state index contributed by atoms with van der Waals surface area (Å²) < 4.78 is 60.4. The van der Waals surface area contributed by atoms with E-state index in [1.807, 2.05) is 0 Å². The molecule has 2 aliphatic rings. The highest BCUT2D eigenvalue weighted by Gasteiger charge is 2.33. The van der Waals surface area contributed by atoms with Crippen molar-refractivity contribution in [1.29, 1.82) is 0 Å². The van der Waals surface area contributed by atoms with Gasteiger partial charge in [0.25, 0.3) is 0 Å². The zero-order chi connectivity index (χ0) is 26.3. The lowest BCUT2D eigenvalue weighted by Gasteiger charge is -2.29. The lowest BCUT2D eigenvalue weighted by Crippen LogP contribution is -2.28. The minimum atomic E-state index is -4.67. The first-order valence-corrected chi connectivity index (χ1v) is 12.1. The molecule has 1 saturated heterocycles. The van der Waals surface area contributed by atoms with Crippen molar-refractivity contribution >= 4 is 17.4 Å². The number of hydrogen-bond donors (Lipinski definition) is 1. The summed E-state index contributed by atoms with van der Waals surface area (Å²) >= 11 is 0. The molecular weight excluding hydrogens is 488 g/mol. The maximum absolute atomic E-state index is 15.1. The second-order valence-electron chi connectivity index (χ2n) is 9.45. The zero-order valence-electron chi connectivity index (χ0n) is 20.4. The number of benzene rings is 1. The summed E-state index contributed by atoms with van der Waals surface area (Å²) in [4.78, 5) is 22.8. The molecule has 0 radical (unpaired) electrons. The number of fused-ring (bicyclic) bond motifs is 1. The standard InChI is InChI=1S/C26H26F4N6O/c1-13-14(2)34-25-23(33-13)22(19-6-3-17(10-20(19)27)26(28,29)30)35-24(36-25)15-7-8-37-21(9-15)16(11-31)12-32-18-4-5-18/h3,6,10-12,15,18,21H,4-5,7-9,31H2,1-2H3/b16-11+,32-12?/t15-,21-/m0/s1. The van der Waals surface area contributed by atoms with Crippen molar-refractivity contribution in [2.45, 2.75) is 63.8 Å². The van der Waals surface area contributed by atoms with Gasteiger partial charge in [0.1, 0.15) is 22.9 Å². The number of halogens is 4. The summed E-state index contributed by atoms with van der Waals surface area (Å²) in [7, 11) is 0. The van der Waals surface area contributed by atoms with E-state index in [2.05, 4.69) is 24.9 Å². The van der Waals surface area contributed by atoms with E-state index in [1.165, 1.54) is 6.20 Å². The molecule has 11 heteroatoms. The summed E-state index contributed by atoms with van der Waals surface area (Å²) in [5.74, 6) is -0.814. The fourth-order valence-electron chi connectivity index (χ4n) is 4.30. The summed E-state index contributed by atoms with van der Waals surface area (Å²) in [6.07, 6.45) is 1.51. The van der Waals surface area contributed by atoms with E-state index in [9.17, 15) is 13.2 Å². The van der Waals surface area contributed by atoms with E-state index >= 15 is 4.39 Å². The number of nitrogens with zero attached hydrogens (tertiary/aromatic N) is 5. The molecule has 0 spiro atoms. The third-order valence-corrected chi connectivity index (χ3v) is 6.71. The van der Waals surface area contributed by atoms with Gasteiger partial charge in [-0.2, -0.15) is 13.2 Å². The number of aromatic nitrogens is 4. The molecule has 1 saturated carbocycles. The summed E-state index contributed by atoms with van der Waals surface area (Å²) in [5, 5.41) is 0. The Morgan fingerprint density at radius 2 is 1.84 bits per heavy atom. The van der Waals surface area contributed by atoms with Crippen molar-refractivity contribution in [2.24, 2.45) is 10.7 Å². The highest BCUT2D eigenvalue weighted by molar-refractivity contribution is 5.87. The van der Waals surface area contributed by atoms with Crippen LogP contribution in [0.3, 0.4) is 0 Å². The van der Waals surface area contributed by atoms with Crippen LogP contribution in [0.15, 0.2) is 35.0 Å². The second-order valence-corrected chi connectivity index (χ2v) is 9.45. The van der Waals surface area contributed by atoms with E-state index in [4.69, 9.17) is 10.5 Å². The van der Waals surface area contributed by atoms with Crippen LogP contribution in [0.4, 0.5) is 17.6 Å². The molecule has 3 aromatic rings. The molecule has 2 N–H and O–H groups in total. The minimum Gasteiger partial charge on any atom is -0.404 e. The lowest BCUT2D eigenvalue weighted by atomic mass is 9.91. The van der Waals surface area contributed by atoms with Gasteiger partial charge in [0.2, 0.25) is 0 Å². The van der Waals surface area contributed by atoms with Crippen LogP contribution in [-0.2, 0) is 10.9 Å². The van der Waals surface area contributed by atoms with E-state index < -0.39 is 17.6 Å². The van der Waals surface area contributed by atoms with E-state index in [-0.39, 0.29) is 34.4 Å². The summed E-state index contributed by atoms with van der Waals surface area (Å²) in [6.45, 7) is 3.95. The van der Waals surface area contributed by atoms with Crippen molar-refractivity contribution in [2.75, 3.05) is 6.61 Å². The van der Waals surface area contributed by atoms with Crippen molar-refractivity contribution in [3.05, 3.63) is 58.6 Å². The average Bonchev–Trinajstić information content (AvgIpc) is 3.69. The Labute approximate surface area is 210 Å². The van der Waals surface area contributed by atoms with Crippen molar-refractivity contribution in [3.63, 3.8) is 0 Å². The predicted octanol–water partition coefficient (Wildman–Crippen LogP) is 5.20. The average molecular weight is 515 g/mol. The summed E-state index contributed by atoms with van der Waals surface area (Å²) in [6, 6.07) is 2.73. The first kappa shape index (κ1) is 25.2. The molecule has 0 bridgehead atoms. The fourth-order valence-corrected chi connectivity index (χ4v) is 4.30. The van der Waals surface area contributed by atoms with Gasteiger partial charge in [-0.3, -0.25) is 4.99 Å². The number of aliphatic imine (C=N–C) groups is 1. The van der Waals surface area contributed by atoms with E-state index in [1.54, 1.807) is 20.1 Å². The molecule has 0 amide bonds. The normalized spacial score (nSPS) is 21.2. The van der Waals surface area contributed by atoms with Crippen LogP contribution in [0.25, 0.3) is 22.4 Å². The Kier molecular flexibility index (Phi) is 6.65. The molecule has 0 unspecified atom stereocenters. The van der Waals surface area contributed by atoms with Crippen LogP contribution in [0.1, 0.15) is 54.4 Å². The molecule has 37 heavy (non-hydrogen) atoms.